The summed E-state index contributed by atoms with van der Waals surface area (Å²) in [5.74, 6) is 0.441. The number of aromatic nitrogens is 1. The average Bonchev–Trinajstić information content (AvgIpc) is 3.43. The van der Waals surface area contributed by atoms with Crippen LogP contribution in [0.3, 0.4) is 0 Å². The van der Waals surface area contributed by atoms with Crippen LogP contribution >= 0.6 is 12.4 Å². The molecule has 11 nitrogen and oxygen atoms in total. The largest absolute Gasteiger partial charge is 0.497 e. The van der Waals surface area contributed by atoms with Gasteiger partial charge >= 0.3 is 11.9 Å². The van der Waals surface area contributed by atoms with Crippen molar-refractivity contribution in [3.05, 3.63) is 47.2 Å². The number of halogens is 1. The van der Waals surface area contributed by atoms with Gasteiger partial charge in [0.25, 0.3) is 0 Å². The standard InChI is InChI=1S/C33H40N2O9.ClH/c1-38-19-7-8-20-21-9-10-35-16-18-13-27(44-32(36)17-11-25(39-2)30(41-4)26(12-17)40-3)31(42-5)28(33(37)43-6)22(18)15-24(35)29(21)34-23(20)14-19;/h7-8,11-12,14,18,22,24,27-28,31,34H,9-10,13,15-16H2,1-6H3;1H/t18-,22+,24-,27-,28-,31+;/m0./s1. The Morgan fingerprint density at radius 2 is 1.64 bits per heavy atom. The summed E-state index contributed by atoms with van der Waals surface area (Å²) >= 11 is 0. The first-order chi connectivity index (χ1) is 21.3. The fourth-order valence-electron chi connectivity index (χ4n) is 7.76. The molecule has 3 aliphatic rings. The Morgan fingerprint density at radius 3 is 2.27 bits per heavy atom. The van der Waals surface area contributed by atoms with Crippen LogP contribution in [0.5, 0.6) is 23.0 Å². The van der Waals surface area contributed by atoms with Gasteiger partial charge < -0.3 is 38.1 Å². The van der Waals surface area contributed by atoms with E-state index in [9.17, 15) is 9.59 Å². The summed E-state index contributed by atoms with van der Waals surface area (Å²) in [6, 6.07) is 9.40. The Morgan fingerprint density at radius 1 is 0.911 bits per heavy atom. The summed E-state index contributed by atoms with van der Waals surface area (Å²) in [5, 5.41) is 1.21. The molecule has 2 aromatic carbocycles. The lowest BCUT2D eigenvalue weighted by molar-refractivity contribution is -0.176. The van der Waals surface area contributed by atoms with Gasteiger partial charge in [0, 0.05) is 42.9 Å². The van der Waals surface area contributed by atoms with E-state index in [1.165, 1.54) is 45.1 Å². The van der Waals surface area contributed by atoms with Crippen molar-refractivity contribution in [2.24, 2.45) is 17.8 Å². The van der Waals surface area contributed by atoms with Crippen LogP contribution in [0.2, 0.25) is 0 Å². The fourth-order valence-corrected chi connectivity index (χ4v) is 7.76. The number of hydrogen-bond donors (Lipinski definition) is 1. The molecule has 0 spiro atoms. The molecule has 6 rings (SSSR count). The van der Waals surface area contributed by atoms with Gasteiger partial charge in [0.05, 0.1) is 53.1 Å². The molecule has 0 bridgehead atoms. The van der Waals surface area contributed by atoms with Crippen molar-refractivity contribution in [3.8, 4) is 23.0 Å². The van der Waals surface area contributed by atoms with Crippen LogP contribution < -0.4 is 18.9 Å². The van der Waals surface area contributed by atoms with E-state index < -0.39 is 24.1 Å². The molecule has 1 aliphatic carbocycles. The highest BCUT2D eigenvalue weighted by Crippen LogP contribution is 2.51. The number of esters is 2. The monoisotopic (exact) mass is 644 g/mol. The highest BCUT2D eigenvalue weighted by atomic mass is 35.5. The van der Waals surface area contributed by atoms with Crippen LogP contribution in [0.15, 0.2) is 30.3 Å². The van der Waals surface area contributed by atoms with Gasteiger partial charge in [0.2, 0.25) is 5.75 Å². The summed E-state index contributed by atoms with van der Waals surface area (Å²) in [6.45, 7) is 1.68. The summed E-state index contributed by atoms with van der Waals surface area (Å²) in [4.78, 5) is 33.1. The number of piperidine rings is 1. The lowest BCUT2D eigenvalue weighted by atomic mass is 9.63. The summed E-state index contributed by atoms with van der Waals surface area (Å²) in [5.41, 5.74) is 3.83. The van der Waals surface area contributed by atoms with E-state index in [1.54, 1.807) is 26.4 Å². The average molecular weight is 645 g/mol. The molecule has 1 saturated carbocycles. The van der Waals surface area contributed by atoms with Crippen LogP contribution in [0.25, 0.3) is 10.9 Å². The first-order valence-corrected chi connectivity index (χ1v) is 14.9. The van der Waals surface area contributed by atoms with Crippen molar-refractivity contribution >= 4 is 35.2 Å². The number of fused-ring (bicyclic) bond motifs is 6. The molecule has 2 fully saturated rings. The number of H-pyrrole nitrogens is 1. The Labute approximate surface area is 268 Å². The second-order valence-electron chi connectivity index (χ2n) is 11.7. The number of ether oxygens (including phenoxy) is 7. The van der Waals surface area contributed by atoms with Crippen molar-refractivity contribution in [2.75, 3.05) is 55.7 Å². The molecule has 0 radical (unpaired) electrons. The van der Waals surface area contributed by atoms with Crippen LogP contribution in [0, 0.1) is 17.8 Å². The third-order valence-electron chi connectivity index (χ3n) is 9.76. The quantitative estimate of drug-likeness (QED) is 0.349. The molecule has 1 N–H and O–H groups in total. The van der Waals surface area contributed by atoms with E-state index in [4.69, 9.17) is 33.2 Å². The number of hydrogen-bond acceptors (Lipinski definition) is 10. The number of nitrogens with one attached hydrogen (secondary N) is 1. The van der Waals surface area contributed by atoms with E-state index in [0.29, 0.717) is 23.7 Å². The normalized spacial score (nSPS) is 25.6. The zero-order valence-corrected chi connectivity index (χ0v) is 27.2. The number of carbonyl (C=O) groups excluding carboxylic acids is 2. The predicted molar refractivity (Wildman–Crippen MR) is 168 cm³/mol. The van der Waals surface area contributed by atoms with Crippen molar-refractivity contribution < 1.29 is 42.7 Å². The third-order valence-corrected chi connectivity index (χ3v) is 9.76. The first-order valence-electron chi connectivity index (χ1n) is 14.9. The minimum atomic E-state index is -0.670. The van der Waals surface area contributed by atoms with Crippen LogP contribution in [0.1, 0.15) is 40.5 Å². The molecular formula is C33H41ClN2O9. The number of benzene rings is 2. The van der Waals surface area contributed by atoms with Crippen LogP contribution in [0.4, 0.5) is 0 Å². The van der Waals surface area contributed by atoms with Crippen LogP contribution in [-0.2, 0) is 25.4 Å². The van der Waals surface area contributed by atoms with Gasteiger partial charge in [-0.3, -0.25) is 9.69 Å². The van der Waals surface area contributed by atoms with E-state index in [-0.39, 0.29) is 41.8 Å². The Bertz CT molecular complexity index is 1530. The molecule has 6 atom stereocenters. The zero-order chi connectivity index (χ0) is 31.1. The smallest absolute Gasteiger partial charge is 0.338 e. The molecule has 45 heavy (non-hydrogen) atoms. The van der Waals surface area contributed by atoms with Gasteiger partial charge in [0.15, 0.2) is 11.5 Å². The molecule has 0 amide bonds. The number of aromatic amines is 1. The van der Waals surface area contributed by atoms with Gasteiger partial charge in [-0.1, -0.05) is 0 Å². The van der Waals surface area contributed by atoms with E-state index in [2.05, 4.69) is 16.0 Å². The second-order valence-corrected chi connectivity index (χ2v) is 11.7. The lowest BCUT2D eigenvalue weighted by Gasteiger charge is -2.52. The molecule has 1 aromatic heterocycles. The van der Waals surface area contributed by atoms with Gasteiger partial charge in [-0.25, -0.2) is 4.79 Å². The van der Waals surface area contributed by atoms with E-state index >= 15 is 0 Å². The topological polar surface area (TPSA) is 118 Å². The number of rotatable bonds is 8. The van der Waals surface area contributed by atoms with Gasteiger partial charge in [0.1, 0.15) is 18.0 Å². The van der Waals surface area contributed by atoms with Crippen molar-refractivity contribution in [3.63, 3.8) is 0 Å². The molecule has 3 heterocycles. The van der Waals surface area contributed by atoms with Crippen molar-refractivity contribution in [2.45, 2.75) is 37.5 Å². The highest BCUT2D eigenvalue weighted by Gasteiger charge is 2.54. The van der Waals surface area contributed by atoms with Gasteiger partial charge in [-0.05, 0) is 60.9 Å². The molecule has 12 heteroatoms. The number of nitrogens with zero attached hydrogens (tertiary/aromatic N) is 1. The fraction of sp³-hybridized carbons (Fsp3) is 0.515. The second kappa shape index (κ2) is 13.4. The highest BCUT2D eigenvalue weighted by molar-refractivity contribution is 5.91. The Kier molecular flexibility index (Phi) is 9.71. The summed E-state index contributed by atoms with van der Waals surface area (Å²) in [6.07, 6.45) is 0.920. The summed E-state index contributed by atoms with van der Waals surface area (Å²) < 4.78 is 39.1. The van der Waals surface area contributed by atoms with E-state index in [1.807, 2.05) is 12.1 Å². The molecular weight excluding hydrogens is 604 g/mol. The molecule has 0 unspecified atom stereocenters. The Hall–Kier alpha value is -3.67. The number of carbonyl (C=O) groups is 2. The van der Waals surface area contributed by atoms with E-state index in [0.717, 1.165) is 37.2 Å². The maximum absolute atomic E-state index is 13.5. The SMILES string of the molecule is COC(=O)[C@H]1[C@@H]2C[C@H]3c4[nH]c5cc(OC)ccc5c4CCN3C[C@@H]2C[C@H](OC(=O)c2cc(OC)c(OC)c(OC)c2)[C@H]1OC.Cl. The number of methoxy groups -OCH3 is 6. The lowest BCUT2D eigenvalue weighted by Crippen LogP contribution is -2.58. The molecule has 2 aliphatic heterocycles. The summed E-state index contributed by atoms with van der Waals surface area (Å²) in [7, 11) is 9.10. The van der Waals surface area contributed by atoms with Crippen LogP contribution in [-0.4, -0.2) is 89.8 Å². The maximum Gasteiger partial charge on any atom is 0.338 e. The van der Waals surface area contributed by atoms with Crippen molar-refractivity contribution in [1.82, 2.24) is 9.88 Å². The van der Waals surface area contributed by atoms with Crippen molar-refractivity contribution in [1.29, 1.82) is 0 Å². The van der Waals surface area contributed by atoms with Gasteiger partial charge in [-0.2, -0.15) is 0 Å². The minimum absolute atomic E-state index is 0. The first kappa shape index (κ1) is 32.7. The molecule has 244 valence electrons. The molecule has 3 aromatic rings. The Balaban J connectivity index is 0.00000400. The maximum atomic E-state index is 13.5. The minimum Gasteiger partial charge on any atom is -0.497 e. The zero-order valence-electron chi connectivity index (χ0n) is 26.4. The predicted octanol–water partition coefficient (Wildman–Crippen LogP) is 4.59. The molecule has 1 saturated heterocycles. The third kappa shape index (κ3) is 5.66. The van der Waals surface area contributed by atoms with Gasteiger partial charge in [-0.15, -0.1) is 12.4 Å².